The van der Waals surface area contributed by atoms with Gasteiger partial charge in [-0.25, -0.2) is 4.79 Å². The van der Waals surface area contributed by atoms with Gasteiger partial charge < -0.3 is 19.5 Å². The number of carbonyl (C=O) groups is 1. The summed E-state index contributed by atoms with van der Waals surface area (Å²) in [4.78, 5) is 12.7. The summed E-state index contributed by atoms with van der Waals surface area (Å²) in [6.07, 6.45) is 0. The Morgan fingerprint density at radius 1 is 1.33 bits per heavy atom. The quantitative estimate of drug-likeness (QED) is 0.688. The Morgan fingerprint density at radius 3 is 2.78 bits per heavy atom. The molecule has 1 atom stereocenters. The first-order valence-corrected chi connectivity index (χ1v) is 9.24. The molecule has 2 heterocycles. The van der Waals surface area contributed by atoms with Gasteiger partial charge in [-0.3, -0.25) is 0 Å². The van der Waals surface area contributed by atoms with Crippen molar-refractivity contribution in [2.45, 2.75) is 26.8 Å². The smallest absolute Gasteiger partial charge is 0.338 e. The number of ether oxygens (including phenoxy) is 3. The molecule has 1 aromatic heterocycles. The number of halogens is 1. The summed E-state index contributed by atoms with van der Waals surface area (Å²) >= 11 is 3.51. The van der Waals surface area contributed by atoms with Crippen LogP contribution in [0.15, 0.2) is 27.9 Å². The van der Waals surface area contributed by atoms with E-state index >= 15 is 0 Å². The lowest BCUT2D eigenvalue weighted by Gasteiger charge is -2.28. The number of allylic oxidation sites excluding steroid dienone is 1. The highest BCUT2D eigenvalue weighted by atomic mass is 79.9. The van der Waals surface area contributed by atoms with Gasteiger partial charge in [0.25, 0.3) is 0 Å². The van der Waals surface area contributed by atoms with Gasteiger partial charge in [0, 0.05) is 5.70 Å². The summed E-state index contributed by atoms with van der Waals surface area (Å²) in [5.41, 5.74) is 1.81. The predicted molar refractivity (Wildman–Crippen MR) is 101 cm³/mol. The van der Waals surface area contributed by atoms with Crippen LogP contribution in [0.2, 0.25) is 0 Å². The van der Waals surface area contributed by atoms with E-state index in [1.807, 2.05) is 19.1 Å². The van der Waals surface area contributed by atoms with E-state index in [0.717, 1.165) is 5.56 Å². The summed E-state index contributed by atoms with van der Waals surface area (Å²) in [5.74, 6) is 1.14. The molecule has 1 N–H and O–H groups in total. The van der Waals surface area contributed by atoms with Gasteiger partial charge in [-0.15, -0.1) is 0 Å². The van der Waals surface area contributed by atoms with Crippen molar-refractivity contribution in [3.05, 3.63) is 33.4 Å². The third-order valence-corrected chi connectivity index (χ3v) is 4.65. The molecule has 9 nitrogen and oxygen atoms in total. The average molecular weight is 438 g/mol. The standard InChI is InChI=1S/C17H20BrN5O4/c1-5-26-12-8-10(7-11(18)15(12)25-4)14-13(16(24)27-6-2)9(3)19-17-20-21-22-23(14)17/h7-8,14H,5-6H2,1-4H3,(H,19,20,22). The van der Waals surface area contributed by atoms with Gasteiger partial charge in [0.15, 0.2) is 11.5 Å². The summed E-state index contributed by atoms with van der Waals surface area (Å²) in [5, 5.41) is 14.8. The number of carbonyl (C=O) groups excluding carboxylic acids is 1. The van der Waals surface area contributed by atoms with Crippen LogP contribution in [0.4, 0.5) is 5.95 Å². The zero-order chi connectivity index (χ0) is 19.6. The maximum Gasteiger partial charge on any atom is 0.338 e. The number of hydrogen-bond donors (Lipinski definition) is 1. The van der Waals surface area contributed by atoms with Gasteiger partial charge in [-0.05, 0) is 64.8 Å². The number of aromatic nitrogens is 4. The largest absolute Gasteiger partial charge is 0.492 e. The number of nitrogens with zero attached hydrogens (tertiary/aromatic N) is 4. The number of benzene rings is 1. The first kappa shape index (κ1) is 19.2. The van der Waals surface area contributed by atoms with Gasteiger partial charge in [0.1, 0.15) is 6.04 Å². The number of hydrogen-bond acceptors (Lipinski definition) is 8. The molecule has 1 unspecified atom stereocenters. The molecule has 1 aliphatic heterocycles. The van der Waals surface area contributed by atoms with E-state index in [4.69, 9.17) is 14.2 Å². The van der Waals surface area contributed by atoms with Gasteiger partial charge in [-0.1, -0.05) is 5.10 Å². The van der Waals surface area contributed by atoms with Crippen LogP contribution in [0.5, 0.6) is 11.5 Å². The zero-order valence-corrected chi connectivity index (χ0v) is 17.0. The van der Waals surface area contributed by atoms with Gasteiger partial charge >= 0.3 is 5.97 Å². The van der Waals surface area contributed by atoms with Crippen molar-refractivity contribution in [3.63, 3.8) is 0 Å². The molecule has 0 amide bonds. The minimum absolute atomic E-state index is 0.265. The van der Waals surface area contributed by atoms with Crippen LogP contribution >= 0.6 is 15.9 Å². The Morgan fingerprint density at radius 2 is 2.11 bits per heavy atom. The van der Waals surface area contributed by atoms with E-state index in [2.05, 4.69) is 36.8 Å². The number of methoxy groups -OCH3 is 1. The Kier molecular flexibility index (Phi) is 5.64. The summed E-state index contributed by atoms with van der Waals surface area (Å²) in [6, 6.07) is 3.10. The van der Waals surface area contributed by atoms with E-state index in [9.17, 15) is 4.79 Å². The topological polar surface area (TPSA) is 100 Å². The minimum atomic E-state index is -0.572. The molecule has 144 valence electrons. The van der Waals surface area contributed by atoms with Crippen LogP contribution in [0.25, 0.3) is 0 Å². The monoisotopic (exact) mass is 437 g/mol. The lowest BCUT2D eigenvalue weighted by atomic mass is 9.95. The van der Waals surface area contributed by atoms with Crippen LogP contribution in [0.3, 0.4) is 0 Å². The van der Waals surface area contributed by atoms with Crippen LogP contribution in [0, 0.1) is 0 Å². The molecular weight excluding hydrogens is 418 g/mol. The molecule has 10 heteroatoms. The maximum atomic E-state index is 12.7. The molecule has 1 aromatic carbocycles. The molecule has 2 aromatic rings. The van der Waals surface area contributed by atoms with Crippen molar-refractivity contribution in [2.24, 2.45) is 0 Å². The summed E-state index contributed by atoms with van der Waals surface area (Å²) < 4.78 is 18.6. The lowest BCUT2D eigenvalue weighted by Crippen LogP contribution is -2.29. The van der Waals surface area contributed by atoms with Crippen molar-refractivity contribution >= 4 is 27.8 Å². The van der Waals surface area contributed by atoms with Crippen molar-refractivity contribution < 1.29 is 19.0 Å². The number of esters is 1. The third-order valence-electron chi connectivity index (χ3n) is 4.06. The summed E-state index contributed by atoms with van der Waals surface area (Å²) in [6.45, 7) is 6.17. The van der Waals surface area contributed by atoms with Crippen molar-refractivity contribution in [1.82, 2.24) is 20.2 Å². The van der Waals surface area contributed by atoms with Crippen molar-refractivity contribution in [1.29, 1.82) is 0 Å². The first-order chi connectivity index (χ1) is 13.0. The fourth-order valence-corrected chi connectivity index (χ4v) is 3.62. The molecular formula is C17H20BrN5O4. The lowest BCUT2D eigenvalue weighted by molar-refractivity contribution is -0.139. The highest BCUT2D eigenvalue weighted by Crippen LogP contribution is 2.42. The van der Waals surface area contributed by atoms with Gasteiger partial charge in [-0.2, -0.15) is 4.68 Å². The zero-order valence-electron chi connectivity index (χ0n) is 15.4. The van der Waals surface area contributed by atoms with Crippen molar-refractivity contribution in [2.75, 3.05) is 25.6 Å². The SMILES string of the molecule is CCOC(=O)C1=C(C)Nc2nnnn2C1c1cc(Br)c(OC)c(OCC)c1. The summed E-state index contributed by atoms with van der Waals surface area (Å²) in [7, 11) is 1.57. The van der Waals surface area contributed by atoms with Gasteiger partial charge in [0.2, 0.25) is 5.95 Å². The fourth-order valence-electron chi connectivity index (χ4n) is 3.00. The molecule has 3 rings (SSSR count). The molecule has 27 heavy (non-hydrogen) atoms. The number of nitrogens with one attached hydrogen (secondary N) is 1. The van der Waals surface area contributed by atoms with Crippen LogP contribution in [-0.4, -0.2) is 46.5 Å². The highest BCUT2D eigenvalue weighted by molar-refractivity contribution is 9.10. The minimum Gasteiger partial charge on any atom is -0.492 e. The van der Waals surface area contributed by atoms with E-state index in [1.165, 1.54) is 0 Å². The second-order valence-electron chi connectivity index (χ2n) is 5.70. The molecule has 0 fully saturated rings. The number of anilines is 1. The molecule has 0 radical (unpaired) electrons. The van der Waals surface area contributed by atoms with E-state index in [0.29, 0.717) is 39.8 Å². The van der Waals surface area contributed by atoms with E-state index < -0.39 is 12.0 Å². The third kappa shape index (κ3) is 3.48. The average Bonchev–Trinajstić information content (AvgIpc) is 3.08. The fraction of sp³-hybridized carbons (Fsp3) is 0.412. The van der Waals surface area contributed by atoms with Gasteiger partial charge in [0.05, 0.1) is 30.4 Å². The molecule has 0 spiro atoms. The Labute approximate surface area is 164 Å². The normalized spacial score (nSPS) is 15.8. The number of rotatable bonds is 6. The molecule has 0 bridgehead atoms. The van der Waals surface area contributed by atoms with Crippen LogP contribution < -0.4 is 14.8 Å². The second-order valence-corrected chi connectivity index (χ2v) is 6.56. The molecule has 0 saturated heterocycles. The number of fused-ring (bicyclic) bond motifs is 1. The molecule has 1 aliphatic rings. The molecule has 0 aliphatic carbocycles. The Balaban J connectivity index is 2.19. The van der Waals surface area contributed by atoms with Crippen LogP contribution in [0.1, 0.15) is 32.4 Å². The van der Waals surface area contributed by atoms with E-state index in [-0.39, 0.29) is 6.61 Å². The highest BCUT2D eigenvalue weighted by Gasteiger charge is 2.35. The number of tetrazole rings is 1. The van der Waals surface area contributed by atoms with E-state index in [1.54, 1.807) is 25.6 Å². The Bertz CT molecular complexity index is 895. The Hall–Kier alpha value is -2.62. The first-order valence-electron chi connectivity index (χ1n) is 8.44. The predicted octanol–water partition coefficient (Wildman–Crippen LogP) is 2.69. The van der Waals surface area contributed by atoms with Crippen molar-refractivity contribution in [3.8, 4) is 11.5 Å². The maximum absolute atomic E-state index is 12.7. The molecule has 0 saturated carbocycles. The second kappa shape index (κ2) is 7.95. The van der Waals surface area contributed by atoms with Crippen LogP contribution in [-0.2, 0) is 9.53 Å².